The Balaban J connectivity index is 2.25. The molecule has 1 saturated carbocycles. The lowest BCUT2D eigenvalue weighted by atomic mass is 9.78. The third-order valence-corrected chi connectivity index (χ3v) is 5.25. The topological polar surface area (TPSA) is 55.4 Å². The van der Waals surface area contributed by atoms with E-state index >= 15 is 0 Å². The molecule has 0 amide bonds. The van der Waals surface area contributed by atoms with Crippen LogP contribution in [0.25, 0.3) is 0 Å². The summed E-state index contributed by atoms with van der Waals surface area (Å²) >= 11 is 0. The first-order valence-corrected chi connectivity index (χ1v) is 8.80. The molecule has 4 nitrogen and oxygen atoms in total. The lowest BCUT2D eigenvalue weighted by molar-refractivity contribution is 0.189. The van der Waals surface area contributed by atoms with E-state index in [0.717, 1.165) is 5.56 Å². The summed E-state index contributed by atoms with van der Waals surface area (Å²) in [5, 5.41) is 3.61. The predicted octanol–water partition coefficient (Wildman–Crippen LogP) is 2.69. The van der Waals surface area contributed by atoms with E-state index in [4.69, 9.17) is 4.74 Å². The van der Waals surface area contributed by atoms with Gasteiger partial charge in [0.15, 0.2) is 9.84 Å². The molecular weight excluding hydrogens is 274 g/mol. The second kappa shape index (κ2) is 5.37. The molecule has 1 atom stereocenters. The minimum atomic E-state index is -3.26. The highest BCUT2D eigenvalue weighted by molar-refractivity contribution is 7.90. The minimum Gasteiger partial charge on any atom is -0.495 e. The Morgan fingerprint density at radius 2 is 2.00 bits per heavy atom. The molecule has 1 aromatic rings. The van der Waals surface area contributed by atoms with Crippen LogP contribution in [0.2, 0.25) is 0 Å². The van der Waals surface area contributed by atoms with E-state index < -0.39 is 9.84 Å². The van der Waals surface area contributed by atoms with E-state index in [1.807, 2.05) is 12.1 Å². The average Bonchev–Trinajstić information content (AvgIpc) is 2.34. The zero-order chi connectivity index (χ0) is 15.0. The first kappa shape index (κ1) is 15.3. The number of hydrogen-bond acceptors (Lipinski definition) is 4. The molecule has 0 saturated heterocycles. The minimum absolute atomic E-state index is 0.169. The van der Waals surface area contributed by atoms with E-state index in [1.165, 1.54) is 32.6 Å². The molecule has 0 aromatic heterocycles. The zero-order valence-electron chi connectivity index (χ0n) is 12.6. The monoisotopic (exact) mass is 297 g/mol. The molecule has 0 heterocycles. The van der Waals surface area contributed by atoms with Crippen molar-refractivity contribution in [2.24, 2.45) is 0 Å². The van der Waals surface area contributed by atoms with Crippen LogP contribution in [0.4, 0.5) is 0 Å². The van der Waals surface area contributed by atoms with Gasteiger partial charge in [-0.25, -0.2) is 8.42 Å². The van der Waals surface area contributed by atoms with Gasteiger partial charge in [0.1, 0.15) is 10.6 Å². The van der Waals surface area contributed by atoms with Gasteiger partial charge in [-0.1, -0.05) is 6.07 Å². The lowest BCUT2D eigenvalue weighted by Gasteiger charge is -2.41. The molecule has 0 spiro atoms. The highest BCUT2D eigenvalue weighted by Crippen LogP contribution is 2.34. The van der Waals surface area contributed by atoms with Crippen molar-refractivity contribution in [2.75, 3.05) is 13.4 Å². The molecule has 0 unspecified atom stereocenters. The third kappa shape index (κ3) is 3.15. The predicted molar refractivity (Wildman–Crippen MR) is 79.9 cm³/mol. The van der Waals surface area contributed by atoms with Crippen LogP contribution in [-0.4, -0.2) is 27.3 Å². The Morgan fingerprint density at radius 1 is 1.35 bits per heavy atom. The first-order valence-electron chi connectivity index (χ1n) is 6.91. The Hall–Kier alpha value is -1.07. The second-order valence-corrected chi connectivity index (χ2v) is 7.95. The molecular formula is C15H23NO3S. The van der Waals surface area contributed by atoms with Gasteiger partial charge >= 0.3 is 0 Å². The number of nitrogens with one attached hydrogen (secondary N) is 1. The SMILES string of the molecule is COc1cc([C@H](C)NC2(C)CCC2)ccc1S(C)(=O)=O. The van der Waals surface area contributed by atoms with Gasteiger partial charge in [0, 0.05) is 17.8 Å². The van der Waals surface area contributed by atoms with Gasteiger partial charge in [0.25, 0.3) is 0 Å². The first-order chi connectivity index (χ1) is 9.25. The number of ether oxygens (including phenoxy) is 1. The van der Waals surface area contributed by atoms with Gasteiger partial charge in [-0.05, 0) is 50.8 Å². The summed E-state index contributed by atoms with van der Waals surface area (Å²) < 4.78 is 28.6. The Kier molecular flexibility index (Phi) is 4.12. The van der Waals surface area contributed by atoms with Crippen LogP contribution in [-0.2, 0) is 9.84 Å². The standard InChI is InChI=1S/C15H23NO3S/c1-11(16-15(2)8-5-9-15)12-6-7-14(20(4,17)18)13(10-12)19-3/h6-7,10-11,16H,5,8-9H2,1-4H3/t11-/m0/s1. The fourth-order valence-corrected chi connectivity index (χ4v) is 3.54. The van der Waals surface area contributed by atoms with E-state index in [9.17, 15) is 8.42 Å². The van der Waals surface area contributed by atoms with Crippen LogP contribution in [0.5, 0.6) is 5.75 Å². The van der Waals surface area contributed by atoms with Crippen LogP contribution < -0.4 is 10.1 Å². The van der Waals surface area contributed by atoms with Crippen molar-refractivity contribution in [3.8, 4) is 5.75 Å². The maximum Gasteiger partial charge on any atom is 0.179 e. The molecule has 20 heavy (non-hydrogen) atoms. The molecule has 1 N–H and O–H groups in total. The van der Waals surface area contributed by atoms with Crippen molar-refractivity contribution < 1.29 is 13.2 Å². The normalized spacial score (nSPS) is 19.2. The van der Waals surface area contributed by atoms with Gasteiger partial charge < -0.3 is 10.1 Å². The maximum atomic E-state index is 11.7. The van der Waals surface area contributed by atoms with E-state index in [1.54, 1.807) is 6.07 Å². The number of hydrogen-bond donors (Lipinski definition) is 1. The van der Waals surface area contributed by atoms with Crippen molar-refractivity contribution in [2.45, 2.75) is 49.6 Å². The molecule has 1 aromatic carbocycles. The number of methoxy groups -OCH3 is 1. The molecule has 1 fully saturated rings. The molecule has 1 aliphatic carbocycles. The Labute approximate surface area is 121 Å². The number of sulfone groups is 1. The quantitative estimate of drug-likeness (QED) is 0.908. The summed E-state index contributed by atoms with van der Waals surface area (Å²) in [5.41, 5.74) is 1.25. The largest absolute Gasteiger partial charge is 0.495 e. The van der Waals surface area contributed by atoms with Crippen molar-refractivity contribution in [3.05, 3.63) is 23.8 Å². The van der Waals surface area contributed by atoms with Crippen molar-refractivity contribution in [1.82, 2.24) is 5.32 Å². The van der Waals surface area contributed by atoms with Gasteiger partial charge in [-0.3, -0.25) is 0 Å². The highest BCUT2D eigenvalue weighted by Gasteiger charge is 2.32. The Morgan fingerprint density at radius 3 is 2.45 bits per heavy atom. The molecule has 2 rings (SSSR count). The van der Waals surface area contributed by atoms with Crippen LogP contribution in [0.1, 0.15) is 44.7 Å². The van der Waals surface area contributed by atoms with Gasteiger partial charge in [-0.15, -0.1) is 0 Å². The van der Waals surface area contributed by atoms with Gasteiger partial charge in [-0.2, -0.15) is 0 Å². The lowest BCUT2D eigenvalue weighted by Crippen LogP contribution is -2.49. The number of rotatable bonds is 5. The fourth-order valence-electron chi connectivity index (χ4n) is 2.72. The van der Waals surface area contributed by atoms with Crippen LogP contribution >= 0.6 is 0 Å². The van der Waals surface area contributed by atoms with Crippen LogP contribution in [0.3, 0.4) is 0 Å². The molecule has 0 aliphatic heterocycles. The summed E-state index contributed by atoms with van der Waals surface area (Å²) in [7, 11) is -1.76. The maximum absolute atomic E-state index is 11.7. The summed E-state index contributed by atoms with van der Waals surface area (Å²) in [6, 6.07) is 5.47. The van der Waals surface area contributed by atoms with E-state index in [2.05, 4.69) is 19.2 Å². The molecule has 112 valence electrons. The molecule has 0 bridgehead atoms. The Bertz CT molecular complexity index is 591. The molecule has 5 heteroatoms. The van der Waals surface area contributed by atoms with Gasteiger partial charge in [0.2, 0.25) is 0 Å². The van der Waals surface area contributed by atoms with Gasteiger partial charge in [0.05, 0.1) is 7.11 Å². The highest BCUT2D eigenvalue weighted by atomic mass is 32.2. The second-order valence-electron chi connectivity index (χ2n) is 5.96. The molecule has 1 aliphatic rings. The fraction of sp³-hybridized carbons (Fsp3) is 0.600. The van der Waals surface area contributed by atoms with E-state index in [-0.39, 0.29) is 16.5 Å². The number of benzene rings is 1. The van der Waals surface area contributed by atoms with E-state index in [0.29, 0.717) is 5.75 Å². The zero-order valence-corrected chi connectivity index (χ0v) is 13.4. The van der Waals surface area contributed by atoms with Crippen LogP contribution in [0.15, 0.2) is 23.1 Å². The van der Waals surface area contributed by atoms with Crippen molar-refractivity contribution in [1.29, 1.82) is 0 Å². The van der Waals surface area contributed by atoms with Crippen molar-refractivity contribution in [3.63, 3.8) is 0 Å². The third-order valence-electron chi connectivity index (χ3n) is 4.11. The summed E-state index contributed by atoms with van der Waals surface area (Å²) in [4.78, 5) is 0.241. The van der Waals surface area contributed by atoms with Crippen molar-refractivity contribution >= 4 is 9.84 Å². The summed E-state index contributed by atoms with van der Waals surface area (Å²) in [6.45, 7) is 4.33. The smallest absolute Gasteiger partial charge is 0.179 e. The summed E-state index contributed by atoms with van der Waals surface area (Å²) in [6.07, 6.45) is 4.85. The van der Waals surface area contributed by atoms with Crippen LogP contribution in [0, 0.1) is 0 Å². The average molecular weight is 297 g/mol. The molecule has 0 radical (unpaired) electrons. The summed E-state index contributed by atoms with van der Waals surface area (Å²) in [5.74, 6) is 0.414.